The van der Waals surface area contributed by atoms with Crippen molar-refractivity contribution < 1.29 is 0 Å². The van der Waals surface area contributed by atoms with Crippen LogP contribution in [0.5, 0.6) is 0 Å². The zero-order valence-corrected chi connectivity index (χ0v) is 13.2. The maximum absolute atomic E-state index is 6.16. The summed E-state index contributed by atoms with van der Waals surface area (Å²) in [4.78, 5) is 4.52. The van der Waals surface area contributed by atoms with Gasteiger partial charge < -0.3 is 0 Å². The van der Waals surface area contributed by atoms with Crippen molar-refractivity contribution in [1.82, 2.24) is 4.98 Å². The molecule has 0 atom stereocenters. The molecule has 0 bridgehead atoms. The topological polar surface area (TPSA) is 12.9 Å². The normalized spacial score (nSPS) is 11.6. The van der Waals surface area contributed by atoms with Gasteiger partial charge >= 0.3 is 0 Å². The van der Waals surface area contributed by atoms with Gasteiger partial charge in [-0.15, -0.1) is 11.3 Å². The largest absolute Gasteiger partial charge is 0.237 e. The molecule has 5 heteroatoms. The van der Waals surface area contributed by atoms with Crippen LogP contribution in [0, 0.1) is 0 Å². The van der Waals surface area contributed by atoms with E-state index in [4.69, 9.17) is 34.8 Å². The van der Waals surface area contributed by atoms with Gasteiger partial charge in [-0.1, -0.05) is 46.9 Å². The Labute approximate surface area is 135 Å². The third-order valence-corrected chi connectivity index (χ3v) is 4.93. The molecular weight excluding hydrogens is 333 g/mol. The molecule has 0 saturated carbocycles. The second-order valence-corrected chi connectivity index (χ2v) is 6.36. The molecule has 0 aliphatic carbocycles. The molecule has 20 heavy (non-hydrogen) atoms. The minimum Gasteiger partial charge on any atom is -0.237 e. The molecule has 0 N–H and O–H groups in total. The molecule has 2 aromatic carbocycles. The number of hydrogen-bond acceptors (Lipinski definition) is 2. The van der Waals surface area contributed by atoms with Crippen molar-refractivity contribution in [2.45, 2.75) is 0 Å². The molecular formula is C15H8Cl3NS. The van der Waals surface area contributed by atoms with Gasteiger partial charge in [-0.2, -0.15) is 0 Å². The molecule has 0 radical (unpaired) electrons. The average molecular weight is 341 g/mol. The minimum atomic E-state index is 0.455. The first-order chi connectivity index (χ1) is 9.65. The minimum absolute atomic E-state index is 0.455. The van der Waals surface area contributed by atoms with E-state index in [0.29, 0.717) is 20.6 Å². The maximum Gasteiger partial charge on any atom is 0.117 e. The van der Waals surface area contributed by atoms with Crippen molar-refractivity contribution in [3.8, 4) is 0 Å². The van der Waals surface area contributed by atoms with Crippen LogP contribution in [0.1, 0.15) is 10.6 Å². The number of fused-ring (bicyclic) bond motifs is 1. The van der Waals surface area contributed by atoms with E-state index in [1.165, 1.54) is 0 Å². The third-order valence-electron chi connectivity index (χ3n) is 2.78. The van der Waals surface area contributed by atoms with E-state index >= 15 is 0 Å². The van der Waals surface area contributed by atoms with Crippen molar-refractivity contribution in [2.75, 3.05) is 0 Å². The molecule has 0 amide bonds. The van der Waals surface area contributed by atoms with E-state index in [9.17, 15) is 0 Å². The second-order valence-electron chi connectivity index (χ2n) is 4.11. The quantitative estimate of drug-likeness (QED) is 0.490. The second kappa shape index (κ2) is 5.74. The number of para-hydroxylation sites is 1. The van der Waals surface area contributed by atoms with Gasteiger partial charge in [0.2, 0.25) is 0 Å². The van der Waals surface area contributed by atoms with Gasteiger partial charge in [0.25, 0.3) is 0 Å². The molecule has 1 nitrogen and oxygen atoms in total. The van der Waals surface area contributed by atoms with E-state index in [1.54, 1.807) is 23.5 Å². The van der Waals surface area contributed by atoms with E-state index in [-0.39, 0.29) is 0 Å². The highest BCUT2D eigenvalue weighted by Gasteiger charge is 2.07. The van der Waals surface area contributed by atoms with Gasteiger partial charge in [0, 0.05) is 10.6 Å². The van der Waals surface area contributed by atoms with Crippen LogP contribution in [-0.2, 0) is 0 Å². The zero-order valence-electron chi connectivity index (χ0n) is 10.1. The number of aromatic nitrogens is 1. The van der Waals surface area contributed by atoms with Gasteiger partial charge in [0.1, 0.15) is 5.01 Å². The smallest absolute Gasteiger partial charge is 0.117 e. The number of thiazole rings is 1. The summed E-state index contributed by atoms with van der Waals surface area (Å²) in [5, 5.41) is 2.41. The third kappa shape index (κ3) is 2.70. The van der Waals surface area contributed by atoms with Crippen LogP contribution < -0.4 is 0 Å². The van der Waals surface area contributed by atoms with Crippen LogP contribution in [-0.4, -0.2) is 4.98 Å². The fourth-order valence-electron chi connectivity index (χ4n) is 1.81. The van der Waals surface area contributed by atoms with Crippen molar-refractivity contribution in [3.63, 3.8) is 0 Å². The highest BCUT2D eigenvalue weighted by atomic mass is 35.5. The van der Waals surface area contributed by atoms with Crippen LogP contribution >= 0.6 is 46.1 Å². The van der Waals surface area contributed by atoms with Crippen LogP contribution in [0.4, 0.5) is 0 Å². The fraction of sp³-hybridized carbons (Fsp3) is 0. The number of nitrogens with zero attached hydrogens (tertiary/aromatic N) is 1. The summed E-state index contributed by atoms with van der Waals surface area (Å²) >= 11 is 19.9. The zero-order chi connectivity index (χ0) is 14.1. The van der Waals surface area contributed by atoms with Gasteiger partial charge in [-0.25, -0.2) is 4.98 Å². The Bertz CT molecular complexity index is 775. The number of hydrogen-bond donors (Lipinski definition) is 0. The molecule has 0 spiro atoms. The summed E-state index contributed by atoms with van der Waals surface area (Å²) in [5.41, 5.74) is 1.69. The van der Waals surface area contributed by atoms with Gasteiger partial charge in [-0.3, -0.25) is 0 Å². The first-order valence-corrected chi connectivity index (χ1v) is 7.77. The molecule has 0 saturated heterocycles. The van der Waals surface area contributed by atoms with E-state index in [0.717, 1.165) is 15.2 Å². The van der Waals surface area contributed by atoms with Gasteiger partial charge in [0.05, 0.1) is 20.3 Å². The first-order valence-electron chi connectivity index (χ1n) is 5.82. The van der Waals surface area contributed by atoms with Crippen LogP contribution in [0.15, 0.2) is 36.4 Å². The summed E-state index contributed by atoms with van der Waals surface area (Å²) < 4.78 is 1.15. The summed E-state index contributed by atoms with van der Waals surface area (Å²) in [6.45, 7) is 0. The predicted molar refractivity (Wildman–Crippen MR) is 90.0 cm³/mol. The highest BCUT2D eigenvalue weighted by Crippen LogP contribution is 2.33. The highest BCUT2D eigenvalue weighted by molar-refractivity contribution is 7.19. The fourth-order valence-corrected chi connectivity index (χ4v) is 3.34. The van der Waals surface area contributed by atoms with Crippen LogP contribution in [0.25, 0.3) is 22.4 Å². The number of halogens is 3. The van der Waals surface area contributed by atoms with Gasteiger partial charge in [0.15, 0.2) is 0 Å². The lowest BCUT2D eigenvalue weighted by Gasteiger charge is -2.02. The molecule has 3 rings (SSSR count). The molecule has 1 heterocycles. The van der Waals surface area contributed by atoms with Gasteiger partial charge in [-0.05, 0) is 36.4 Å². The lowest BCUT2D eigenvalue weighted by molar-refractivity contribution is 1.46. The Morgan fingerprint density at radius 3 is 2.45 bits per heavy atom. The van der Waals surface area contributed by atoms with Crippen molar-refractivity contribution >= 4 is 68.5 Å². The maximum atomic E-state index is 6.16. The summed E-state index contributed by atoms with van der Waals surface area (Å²) in [7, 11) is 0. The molecule has 3 aromatic rings. The molecule has 0 aliphatic heterocycles. The SMILES string of the molecule is Clc1ccc(Cl)c(/C=C\c2nc3ccccc3s2)c1Cl. The molecule has 0 aliphatic rings. The van der Waals surface area contributed by atoms with Crippen molar-refractivity contribution in [2.24, 2.45) is 0 Å². The Balaban J connectivity index is 2.00. The Morgan fingerprint density at radius 2 is 1.65 bits per heavy atom. The predicted octanol–water partition coefficient (Wildman–Crippen LogP) is 6.43. The van der Waals surface area contributed by atoms with E-state index in [1.807, 2.05) is 36.4 Å². The standard InChI is InChI=1S/C15H8Cl3NS/c16-10-6-7-11(17)15(18)9(10)5-8-14-19-12-3-1-2-4-13(12)20-14/h1-8H/b8-5-. The average Bonchev–Trinajstić information content (AvgIpc) is 2.86. The molecule has 0 fully saturated rings. The van der Waals surface area contributed by atoms with Crippen LogP contribution in [0.2, 0.25) is 15.1 Å². The Hall–Kier alpha value is -1.06. The summed E-state index contributed by atoms with van der Waals surface area (Å²) in [6.07, 6.45) is 3.74. The lowest BCUT2D eigenvalue weighted by Crippen LogP contribution is -1.79. The van der Waals surface area contributed by atoms with Crippen molar-refractivity contribution in [3.05, 3.63) is 62.0 Å². The number of benzene rings is 2. The molecule has 1 aromatic heterocycles. The Kier molecular flexibility index (Phi) is 3.99. The first kappa shape index (κ1) is 13.9. The monoisotopic (exact) mass is 339 g/mol. The van der Waals surface area contributed by atoms with Crippen LogP contribution in [0.3, 0.4) is 0 Å². The summed E-state index contributed by atoms with van der Waals surface area (Å²) in [5.74, 6) is 0. The number of rotatable bonds is 2. The Morgan fingerprint density at radius 1 is 0.900 bits per heavy atom. The molecule has 100 valence electrons. The molecule has 0 unspecified atom stereocenters. The van der Waals surface area contributed by atoms with Crippen molar-refractivity contribution in [1.29, 1.82) is 0 Å². The summed E-state index contributed by atoms with van der Waals surface area (Å²) in [6, 6.07) is 11.4. The lowest BCUT2D eigenvalue weighted by atomic mass is 10.2. The van der Waals surface area contributed by atoms with E-state index < -0.39 is 0 Å². The van der Waals surface area contributed by atoms with E-state index in [2.05, 4.69) is 4.98 Å².